The highest BCUT2D eigenvalue weighted by atomic mass is 79.9. The minimum Gasteiger partial charge on any atom is -0.392 e. The molecule has 0 saturated carbocycles. The normalized spacial score (nSPS) is 15.1. The molecule has 0 spiro atoms. The Morgan fingerprint density at radius 2 is 2.12 bits per heavy atom. The van der Waals surface area contributed by atoms with E-state index < -0.39 is 0 Å². The van der Waals surface area contributed by atoms with E-state index in [1.807, 2.05) is 18.7 Å². The summed E-state index contributed by atoms with van der Waals surface area (Å²) in [5.41, 5.74) is 2.06. The van der Waals surface area contributed by atoms with Gasteiger partial charge in [0.15, 0.2) is 0 Å². The van der Waals surface area contributed by atoms with Crippen molar-refractivity contribution in [2.75, 3.05) is 0 Å². The molecule has 4 heteroatoms. The van der Waals surface area contributed by atoms with Gasteiger partial charge >= 0.3 is 0 Å². The van der Waals surface area contributed by atoms with Gasteiger partial charge in [0.05, 0.1) is 22.0 Å². The SMILES string of the molecule is CCCC(C)C(O)Cc1c(Br)c(C)nn1C. The van der Waals surface area contributed by atoms with Crippen molar-refractivity contribution in [3.8, 4) is 0 Å². The first-order valence-electron chi connectivity index (χ1n) is 5.83. The number of aliphatic hydroxyl groups is 1. The first-order chi connectivity index (χ1) is 7.47. The molecule has 0 fully saturated rings. The van der Waals surface area contributed by atoms with Crippen molar-refractivity contribution in [2.45, 2.75) is 46.1 Å². The molecular formula is C12H21BrN2O. The molecule has 16 heavy (non-hydrogen) atoms. The van der Waals surface area contributed by atoms with Crippen molar-refractivity contribution in [3.05, 3.63) is 15.9 Å². The maximum absolute atomic E-state index is 10.1. The van der Waals surface area contributed by atoms with Crippen LogP contribution < -0.4 is 0 Å². The van der Waals surface area contributed by atoms with E-state index in [2.05, 4.69) is 34.9 Å². The van der Waals surface area contributed by atoms with Gasteiger partial charge in [-0.1, -0.05) is 20.3 Å². The molecule has 1 aromatic rings. The number of aliphatic hydroxyl groups excluding tert-OH is 1. The molecule has 0 aliphatic rings. The second-order valence-electron chi connectivity index (χ2n) is 4.51. The third kappa shape index (κ3) is 3.08. The van der Waals surface area contributed by atoms with Crippen LogP contribution >= 0.6 is 15.9 Å². The van der Waals surface area contributed by atoms with Gasteiger partial charge in [0.1, 0.15) is 0 Å². The van der Waals surface area contributed by atoms with Crippen LogP contribution in [0.2, 0.25) is 0 Å². The molecule has 1 rings (SSSR count). The number of hydrogen-bond acceptors (Lipinski definition) is 2. The Balaban J connectivity index is 2.72. The Morgan fingerprint density at radius 1 is 1.50 bits per heavy atom. The largest absolute Gasteiger partial charge is 0.392 e. The van der Waals surface area contributed by atoms with Crippen molar-refractivity contribution >= 4 is 15.9 Å². The zero-order valence-electron chi connectivity index (χ0n) is 10.5. The first-order valence-corrected chi connectivity index (χ1v) is 6.62. The molecule has 1 aromatic heterocycles. The predicted molar refractivity (Wildman–Crippen MR) is 69.4 cm³/mol. The first kappa shape index (κ1) is 13.7. The van der Waals surface area contributed by atoms with Gasteiger partial charge in [-0.3, -0.25) is 4.68 Å². The second-order valence-corrected chi connectivity index (χ2v) is 5.30. The number of nitrogens with zero attached hydrogens (tertiary/aromatic N) is 2. The molecule has 0 saturated heterocycles. The van der Waals surface area contributed by atoms with Crippen LogP contribution in [-0.2, 0) is 13.5 Å². The zero-order chi connectivity index (χ0) is 12.3. The molecular weight excluding hydrogens is 268 g/mol. The summed E-state index contributed by atoms with van der Waals surface area (Å²) in [6.45, 7) is 6.22. The maximum Gasteiger partial charge on any atom is 0.0738 e. The fourth-order valence-corrected chi connectivity index (χ4v) is 2.45. The minimum atomic E-state index is -0.286. The molecule has 0 aliphatic heterocycles. The van der Waals surface area contributed by atoms with Crippen LogP contribution in [0.4, 0.5) is 0 Å². The van der Waals surface area contributed by atoms with E-state index in [1.54, 1.807) is 0 Å². The molecule has 3 nitrogen and oxygen atoms in total. The quantitative estimate of drug-likeness (QED) is 0.905. The van der Waals surface area contributed by atoms with Crippen LogP contribution in [0.1, 0.15) is 38.1 Å². The van der Waals surface area contributed by atoms with Crippen molar-refractivity contribution in [2.24, 2.45) is 13.0 Å². The van der Waals surface area contributed by atoms with Crippen LogP contribution in [-0.4, -0.2) is 21.0 Å². The molecule has 1 N–H and O–H groups in total. The Morgan fingerprint density at radius 3 is 2.56 bits per heavy atom. The molecule has 2 unspecified atom stereocenters. The monoisotopic (exact) mass is 288 g/mol. The van der Waals surface area contributed by atoms with Crippen LogP contribution in [0, 0.1) is 12.8 Å². The molecule has 0 aromatic carbocycles. The summed E-state index contributed by atoms with van der Waals surface area (Å²) in [6, 6.07) is 0. The number of hydrogen-bond donors (Lipinski definition) is 1. The molecule has 2 atom stereocenters. The van der Waals surface area contributed by atoms with E-state index in [0.717, 1.165) is 28.7 Å². The Labute approximate surface area is 106 Å². The highest BCUT2D eigenvalue weighted by Gasteiger charge is 2.19. The molecule has 0 aliphatic carbocycles. The van der Waals surface area contributed by atoms with Gasteiger partial charge < -0.3 is 5.11 Å². The lowest BCUT2D eigenvalue weighted by Crippen LogP contribution is -2.21. The summed E-state index contributed by atoms with van der Waals surface area (Å²) >= 11 is 3.52. The average Bonchev–Trinajstić information content (AvgIpc) is 2.45. The van der Waals surface area contributed by atoms with E-state index in [4.69, 9.17) is 0 Å². The van der Waals surface area contributed by atoms with Gasteiger partial charge in [-0.2, -0.15) is 5.10 Å². The number of halogens is 1. The lowest BCUT2D eigenvalue weighted by molar-refractivity contribution is 0.109. The van der Waals surface area contributed by atoms with Crippen LogP contribution in [0.3, 0.4) is 0 Å². The van der Waals surface area contributed by atoms with E-state index in [1.165, 1.54) is 0 Å². The van der Waals surface area contributed by atoms with E-state index in [-0.39, 0.29) is 6.10 Å². The molecule has 0 amide bonds. The van der Waals surface area contributed by atoms with Crippen LogP contribution in [0.25, 0.3) is 0 Å². The van der Waals surface area contributed by atoms with Gasteiger partial charge in [0, 0.05) is 13.5 Å². The predicted octanol–water partition coefficient (Wildman–Crippen LogP) is 2.83. The Kier molecular flexibility index (Phi) is 4.99. The van der Waals surface area contributed by atoms with Crippen LogP contribution in [0.15, 0.2) is 4.47 Å². The standard InChI is InChI=1S/C12H21BrN2O/c1-5-6-8(2)11(16)7-10-12(13)9(3)14-15(10)4/h8,11,16H,5-7H2,1-4H3. The molecule has 92 valence electrons. The fourth-order valence-electron chi connectivity index (χ4n) is 1.95. The minimum absolute atomic E-state index is 0.286. The van der Waals surface area contributed by atoms with Crippen LogP contribution in [0.5, 0.6) is 0 Å². The molecule has 0 bridgehead atoms. The summed E-state index contributed by atoms with van der Waals surface area (Å²) in [4.78, 5) is 0. The Bertz CT molecular complexity index is 349. The van der Waals surface area contributed by atoms with Crippen molar-refractivity contribution in [3.63, 3.8) is 0 Å². The lowest BCUT2D eigenvalue weighted by atomic mass is 9.96. The number of aromatic nitrogens is 2. The van der Waals surface area contributed by atoms with Gasteiger partial charge in [0.25, 0.3) is 0 Å². The molecule has 0 radical (unpaired) electrons. The highest BCUT2D eigenvalue weighted by Crippen LogP contribution is 2.23. The molecule has 1 heterocycles. The third-order valence-corrected chi connectivity index (χ3v) is 4.10. The average molecular weight is 289 g/mol. The second kappa shape index (κ2) is 5.82. The fraction of sp³-hybridized carbons (Fsp3) is 0.750. The summed E-state index contributed by atoms with van der Waals surface area (Å²) in [5.74, 6) is 0.340. The number of rotatable bonds is 5. The van der Waals surface area contributed by atoms with Gasteiger partial charge in [-0.05, 0) is 35.2 Å². The van der Waals surface area contributed by atoms with Gasteiger partial charge in [-0.25, -0.2) is 0 Å². The van der Waals surface area contributed by atoms with Gasteiger partial charge in [-0.15, -0.1) is 0 Å². The van der Waals surface area contributed by atoms with Crippen molar-refractivity contribution in [1.82, 2.24) is 9.78 Å². The summed E-state index contributed by atoms with van der Waals surface area (Å²) < 4.78 is 2.87. The summed E-state index contributed by atoms with van der Waals surface area (Å²) in [7, 11) is 1.92. The maximum atomic E-state index is 10.1. The summed E-state index contributed by atoms with van der Waals surface area (Å²) in [6.07, 6.45) is 2.56. The zero-order valence-corrected chi connectivity index (χ0v) is 12.1. The van der Waals surface area contributed by atoms with E-state index in [0.29, 0.717) is 12.3 Å². The Hall–Kier alpha value is -0.350. The van der Waals surface area contributed by atoms with E-state index >= 15 is 0 Å². The van der Waals surface area contributed by atoms with Crippen molar-refractivity contribution < 1.29 is 5.11 Å². The van der Waals surface area contributed by atoms with Crippen molar-refractivity contribution in [1.29, 1.82) is 0 Å². The number of aryl methyl sites for hydroxylation is 2. The van der Waals surface area contributed by atoms with Gasteiger partial charge in [0.2, 0.25) is 0 Å². The smallest absolute Gasteiger partial charge is 0.0738 e. The van der Waals surface area contributed by atoms with E-state index in [9.17, 15) is 5.11 Å². The topological polar surface area (TPSA) is 38.1 Å². The lowest BCUT2D eigenvalue weighted by Gasteiger charge is -2.18. The third-order valence-electron chi connectivity index (χ3n) is 3.06. The highest BCUT2D eigenvalue weighted by molar-refractivity contribution is 9.10. The summed E-state index contributed by atoms with van der Waals surface area (Å²) in [5, 5.41) is 14.4.